The minimum absolute atomic E-state index is 0. The van der Waals surface area contributed by atoms with Crippen LogP contribution in [-0.4, -0.2) is 51.3 Å². The lowest BCUT2D eigenvalue weighted by atomic mass is 10.1. The molecule has 0 bridgehead atoms. The number of nitrogens with two attached hydrogens (primary N) is 1. The number of halogens is 1. The molecule has 0 radical (unpaired) electrons. The number of carbonyl (C=O) groups excluding carboxylic acids is 2. The summed E-state index contributed by atoms with van der Waals surface area (Å²) in [5.41, 5.74) is 7.33. The van der Waals surface area contributed by atoms with E-state index >= 15 is 0 Å². The maximum Gasteiger partial charge on any atom is 0.277 e. The normalized spacial score (nSPS) is 15.5. The molecule has 1 fully saturated rings. The van der Waals surface area contributed by atoms with Crippen LogP contribution >= 0.6 is 12.4 Å². The Bertz CT molecular complexity index is 804. The number of hydrogen-bond donors (Lipinski definition) is 2. The molecular formula is C19H27ClN6O2. The lowest BCUT2D eigenvalue weighted by Crippen LogP contribution is -2.40. The molecule has 2 heterocycles. The molecule has 0 aliphatic carbocycles. The first-order chi connectivity index (χ1) is 13.0. The van der Waals surface area contributed by atoms with E-state index in [0.717, 1.165) is 37.2 Å². The molecule has 1 aliphatic rings. The van der Waals surface area contributed by atoms with Crippen molar-refractivity contribution in [3.8, 4) is 0 Å². The molecule has 1 saturated heterocycles. The lowest BCUT2D eigenvalue weighted by Gasteiger charge is -2.28. The first-order valence-electron chi connectivity index (χ1n) is 9.25. The van der Waals surface area contributed by atoms with Gasteiger partial charge in [0.2, 0.25) is 5.91 Å². The van der Waals surface area contributed by atoms with E-state index in [4.69, 9.17) is 5.73 Å². The molecule has 1 atom stereocenters. The van der Waals surface area contributed by atoms with Crippen LogP contribution in [0, 0.1) is 6.92 Å². The summed E-state index contributed by atoms with van der Waals surface area (Å²) < 4.78 is 1.84. The van der Waals surface area contributed by atoms with Gasteiger partial charge in [-0.25, -0.2) is 4.68 Å². The van der Waals surface area contributed by atoms with Crippen LogP contribution in [0.25, 0.3) is 0 Å². The average Bonchev–Trinajstić information content (AvgIpc) is 3.07. The third kappa shape index (κ3) is 4.69. The van der Waals surface area contributed by atoms with E-state index in [-0.39, 0.29) is 42.6 Å². The van der Waals surface area contributed by atoms with Crippen molar-refractivity contribution in [3.63, 3.8) is 0 Å². The van der Waals surface area contributed by atoms with Gasteiger partial charge in [-0.2, -0.15) is 0 Å². The summed E-state index contributed by atoms with van der Waals surface area (Å²) in [6, 6.07) is 9.47. The van der Waals surface area contributed by atoms with Gasteiger partial charge < -0.3 is 16.0 Å². The molecule has 2 amide bonds. The van der Waals surface area contributed by atoms with Crippen LogP contribution in [0.3, 0.4) is 0 Å². The van der Waals surface area contributed by atoms with E-state index in [1.807, 2.05) is 48.9 Å². The second-order valence-corrected chi connectivity index (χ2v) is 6.94. The van der Waals surface area contributed by atoms with Crippen molar-refractivity contribution in [3.05, 3.63) is 47.3 Å². The highest BCUT2D eigenvalue weighted by atomic mass is 35.5. The summed E-state index contributed by atoms with van der Waals surface area (Å²) in [6.07, 6.45) is 1.90. The van der Waals surface area contributed by atoms with Crippen LogP contribution in [0.15, 0.2) is 30.3 Å². The van der Waals surface area contributed by atoms with Crippen molar-refractivity contribution in [2.24, 2.45) is 5.73 Å². The fourth-order valence-corrected chi connectivity index (χ4v) is 3.54. The van der Waals surface area contributed by atoms with Gasteiger partial charge in [0.05, 0.1) is 17.8 Å². The van der Waals surface area contributed by atoms with E-state index in [1.165, 1.54) is 4.90 Å². The Morgan fingerprint density at radius 2 is 1.93 bits per heavy atom. The zero-order valence-corrected chi connectivity index (χ0v) is 17.0. The Morgan fingerprint density at radius 1 is 1.29 bits per heavy atom. The van der Waals surface area contributed by atoms with E-state index in [9.17, 15) is 9.59 Å². The monoisotopic (exact) mass is 406 g/mol. The molecule has 3 N–H and O–H groups in total. The summed E-state index contributed by atoms with van der Waals surface area (Å²) in [5, 5.41) is 11.7. The molecule has 0 saturated carbocycles. The maximum atomic E-state index is 13.2. The number of carbonyl (C=O) groups is 2. The molecule has 3 rings (SSSR count). The number of benzene rings is 1. The number of aromatic nitrogens is 3. The van der Waals surface area contributed by atoms with Gasteiger partial charge in [0.25, 0.3) is 5.91 Å². The van der Waals surface area contributed by atoms with Gasteiger partial charge in [0.15, 0.2) is 5.69 Å². The summed E-state index contributed by atoms with van der Waals surface area (Å²) in [6.45, 7) is 5.40. The molecule has 1 aliphatic heterocycles. The molecule has 1 aromatic heterocycles. The first-order valence-corrected chi connectivity index (χ1v) is 9.25. The highest BCUT2D eigenvalue weighted by Crippen LogP contribution is 2.24. The van der Waals surface area contributed by atoms with Crippen molar-refractivity contribution >= 4 is 24.2 Å². The molecule has 8 nitrogen and oxygen atoms in total. The number of nitrogens with one attached hydrogen (secondary N) is 1. The third-order valence-electron chi connectivity index (χ3n) is 5.12. The van der Waals surface area contributed by atoms with Gasteiger partial charge >= 0.3 is 0 Å². The molecule has 1 aromatic carbocycles. The number of amides is 2. The van der Waals surface area contributed by atoms with Gasteiger partial charge in [0, 0.05) is 0 Å². The number of piperidine rings is 1. The standard InChI is InChI=1S/C19H26N6O2.ClH/c1-13(15-6-4-3-5-7-15)24(12-17(20)26)19(27)18-14(2)25(23-22-18)16-8-10-21-11-9-16;/h3-7,13,16,21H,8-12H2,1-2H3,(H2,20,26);1H/t13-;/m1./s1. The zero-order valence-electron chi connectivity index (χ0n) is 16.2. The first kappa shape index (κ1) is 21.8. The predicted octanol–water partition coefficient (Wildman–Crippen LogP) is 1.62. The average molecular weight is 407 g/mol. The van der Waals surface area contributed by atoms with Crippen LogP contribution in [0.5, 0.6) is 0 Å². The highest BCUT2D eigenvalue weighted by molar-refractivity contribution is 5.95. The summed E-state index contributed by atoms with van der Waals surface area (Å²) >= 11 is 0. The lowest BCUT2D eigenvalue weighted by molar-refractivity contribution is -0.119. The van der Waals surface area contributed by atoms with Gasteiger partial charge in [-0.1, -0.05) is 35.5 Å². The number of rotatable bonds is 6. The second kappa shape index (κ2) is 9.66. The summed E-state index contributed by atoms with van der Waals surface area (Å²) in [7, 11) is 0. The molecule has 9 heteroatoms. The summed E-state index contributed by atoms with van der Waals surface area (Å²) in [4.78, 5) is 26.3. The minimum atomic E-state index is -0.561. The van der Waals surface area contributed by atoms with E-state index < -0.39 is 5.91 Å². The quantitative estimate of drug-likeness (QED) is 0.758. The van der Waals surface area contributed by atoms with E-state index in [2.05, 4.69) is 15.6 Å². The Hall–Kier alpha value is -2.45. The number of nitrogens with zero attached hydrogens (tertiary/aromatic N) is 4. The number of hydrogen-bond acceptors (Lipinski definition) is 5. The second-order valence-electron chi connectivity index (χ2n) is 6.94. The Kier molecular flexibility index (Phi) is 7.53. The van der Waals surface area contributed by atoms with E-state index in [0.29, 0.717) is 0 Å². The molecule has 0 unspecified atom stereocenters. The van der Waals surface area contributed by atoms with Crippen LogP contribution in [0.2, 0.25) is 0 Å². The van der Waals surface area contributed by atoms with Crippen LogP contribution in [-0.2, 0) is 4.79 Å². The molecular weight excluding hydrogens is 380 g/mol. The van der Waals surface area contributed by atoms with Crippen molar-refractivity contribution in [1.29, 1.82) is 0 Å². The third-order valence-corrected chi connectivity index (χ3v) is 5.12. The molecule has 28 heavy (non-hydrogen) atoms. The van der Waals surface area contributed by atoms with E-state index in [1.54, 1.807) is 0 Å². The Balaban J connectivity index is 0.00000280. The van der Waals surface area contributed by atoms with Gasteiger partial charge in [-0.15, -0.1) is 17.5 Å². The highest BCUT2D eigenvalue weighted by Gasteiger charge is 2.29. The smallest absolute Gasteiger partial charge is 0.277 e. The minimum Gasteiger partial charge on any atom is -0.368 e. The van der Waals surface area contributed by atoms with Gasteiger partial charge in [-0.3, -0.25) is 9.59 Å². The van der Waals surface area contributed by atoms with Gasteiger partial charge in [-0.05, 0) is 45.3 Å². The Morgan fingerprint density at radius 3 is 2.54 bits per heavy atom. The van der Waals surface area contributed by atoms with Crippen LogP contribution < -0.4 is 11.1 Å². The SMILES string of the molecule is Cc1c(C(=O)N(CC(N)=O)[C@H](C)c2ccccc2)nnn1C1CCNCC1.Cl. The van der Waals surface area contributed by atoms with Crippen LogP contribution in [0.4, 0.5) is 0 Å². The van der Waals surface area contributed by atoms with Gasteiger partial charge in [0.1, 0.15) is 6.54 Å². The van der Waals surface area contributed by atoms with Crippen molar-refractivity contribution < 1.29 is 9.59 Å². The fraction of sp³-hybridized carbons (Fsp3) is 0.474. The molecule has 0 spiro atoms. The molecule has 2 aromatic rings. The fourth-order valence-electron chi connectivity index (χ4n) is 3.54. The van der Waals surface area contributed by atoms with Crippen LogP contribution in [0.1, 0.15) is 53.6 Å². The maximum absolute atomic E-state index is 13.2. The topological polar surface area (TPSA) is 106 Å². The van der Waals surface area contributed by atoms with Crippen molar-refractivity contribution in [1.82, 2.24) is 25.2 Å². The molecule has 152 valence electrons. The number of primary amides is 1. The Labute approximate surface area is 170 Å². The van der Waals surface area contributed by atoms with Crippen molar-refractivity contribution in [2.75, 3.05) is 19.6 Å². The largest absolute Gasteiger partial charge is 0.368 e. The van der Waals surface area contributed by atoms with Crippen molar-refractivity contribution in [2.45, 2.75) is 38.8 Å². The predicted molar refractivity (Wildman–Crippen MR) is 108 cm³/mol. The summed E-state index contributed by atoms with van der Waals surface area (Å²) in [5.74, 6) is -0.891. The zero-order chi connectivity index (χ0) is 19.4.